The van der Waals surface area contributed by atoms with Crippen molar-refractivity contribution in [2.24, 2.45) is 0 Å². The average Bonchev–Trinajstić information content (AvgIpc) is 3.24. The quantitative estimate of drug-likeness (QED) is 0.221. The summed E-state index contributed by atoms with van der Waals surface area (Å²) in [7, 11) is 0. The molecule has 0 aromatic rings. The van der Waals surface area contributed by atoms with Crippen LogP contribution in [0.5, 0.6) is 0 Å². The molecule has 0 spiro atoms. The van der Waals surface area contributed by atoms with Crippen molar-refractivity contribution in [2.75, 3.05) is 0 Å². The molecule has 0 saturated carbocycles. The molecule has 1 aliphatic rings. The second kappa shape index (κ2) is 11.1. The Hall–Kier alpha value is -1.55. The van der Waals surface area contributed by atoms with Crippen LogP contribution in [-0.4, -0.2) is 29.7 Å². The molecule has 0 radical (unpaired) electrons. The normalized spacial score (nSPS) is 20.4. The zero-order valence-electron chi connectivity index (χ0n) is 12.5. The Bertz CT molecular complexity index is 433. The van der Waals surface area contributed by atoms with Crippen LogP contribution < -0.4 is 0 Å². The number of ether oxygens (including phenoxy) is 1. The molecular formula is C18H24O3. The maximum absolute atomic E-state index is 10.2. The summed E-state index contributed by atoms with van der Waals surface area (Å²) in [5.41, 5.74) is 0. The Morgan fingerprint density at radius 2 is 1.90 bits per heavy atom. The zero-order valence-corrected chi connectivity index (χ0v) is 12.5. The molecule has 0 aliphatic carbocycles. The molecule has 1 heterocycles. The van der Waals surface area contributed by atoms with Crippen molar-refractivity contribution >= 4 is 6.29 Å². The molecule has 0 amide bonds. The fourth-order valence-electron chi connectivity index (χ4n) is 2.08. The molecule has 1 rings (SSSR count). The summed E-state index contributed by atoms with van der Waals surface area (Å²) in [4.78, 5) is 10.2. The largest absolute Gasteiger partial charge is 0.377 e. The van der Waals surface area contributed by atoms with E-state index in [-0.39, 0.29) is 6.10 Å². The highest BCUT2D eigenvalue weighted by Crippen LogP contribution is 2.29. The third-order valence-corrected chi connectivity index (χ3v) is 3.40. The standard InChI is InChI=1S/C18H24O3/c1-2-16(20)12-8-7-10-14-18-17(21-18)13-9-5-3-4-6-11-15-19/h2,15-18,20H,1,3-6,9,11,13-14H2/t16?,17-,18+/m0/s1. The third-order valence-electron chi connectivity index (χ3n) is 3.40. The van der Waals surface area contributed by atoms with Gasteiger partial charge < -0.3 is 14.6 Å². The van der Waals surface area contributed by atoms with Gasteiger partial charge in [0.2, 0.25) is 0 Å². The van der Waals surface area contributed by atoms with Gasteiger partial charge in [-0.05, 0) is 24.7 Å². The number of epoxide rings is 1. The Balaban J connectivity index is 1.97. The highest BCUT2D eigenvalue weighted by atomic mass is 16.6. The number of aliphatic hydroxyl groups excluding tert-OH is 1. The van der Waals surface area contributed by atoms with Gasteiger partial charge in [0.05, 0.1) is 12.2 Å². The van der Waals surface area contributed by atoms with Gasteiger partial charge in [-0.1, -0.05) is 50.2 Å². The summed E-state index contributed by atoms with van der Waals surface area (Å²) in [6, 6.07) is 0. The minimum absolute atomic E-state index is 0.263. The van der Waals surface area contributed by atoms with Gasteiger partial charge in [-0.2, -0.15) is 0 Å². The summed E-state index contributed by atoms with van der Waals surface area (Å²) in [5, 5.41) is 9.11. The number of carbonyl (C=O) groups is 1. The molecule has 0 bridgehead atoms. The number of aldehydes is 1. The van der Waals surface area contributed by atoms with E-state index in [1.165, 1.54) is 25.3 Å². The molecule has 1 fully saturated rings. The molecule has 114 valence electrons. The van der Waals surface area contributed by atoms with E-state index in [0.29, 0.717) is 18.9 Å². The van der Waals surface area contributed by atoms with Crippen LogP contribution in [0.2, 0.25) is 0 Å². The van der Waals surface area contributed by atoms with Crippen LogP contribution in [0.25, 0.3) is 0 Å². The van der Waals surface area contributed by atoms with Gasteiger partial charge in [-0.15, -0.1) is 0 Å². The molecule has 1 saturated heterocycles. The molecule has 0 aromatic heterocycles. The van der Waals surface area contributed by atoms with Gasteiger partial charge in [0.15, 0.2) is 0 Å². The Morgan fingerprint density at radius 3 is 2.67 bits per heavy atom. The van der Waals surface area contributed by atoms with Gasteiger partial charge in [-0.3, -0.25) is 0 Å². The number of aliphatic hydroxyl groups is 1. The van der Waals surface area contributed by atoms with E-state index >= 15 is 0 Å². The van der Waals surface area contributed by atoms with E-state index < -0.39 is 6.10 Å². The number of hydrogen-bond donors (Lipinski definition) is 1. The van der Waals surface area contributed by atoms with Crippen molar-refractivity contribution < 1.29 is 14.6 Å². The van der Waals surface area contributed by atoms with Crippen molar-refractivity contribution in [3.8, 4) is 23.7 Å². The third kappa shape index (κ3) is 9.08. The Kier molecular flexibility index (Phi) is 9.29. The summed E-state index contributed by atoms with van der Waals surface area (Å²) in [5.74, 6) is 10.8. The maximum atomic E-state index is 10.2. The molecule has 1 aliphatic heterocycles. The molecule has 1 unspecified atom stereocenters. The predicted octanol–water partition coefficient (Wildman–Crippen LogP) is 2.63. The molecule has 21 heavy (non-hydrogen) atoms. The number of carbonyl (C=O) groups excluding carboxylic acids is 1. The minimum Gasteiger partial charge on any atom is -0.377 e. The summed E-state index contributed by atoms with van der Waals surface area (Å²) >= 11 is 0. The van der Waals surface area contributed by atoms with Gasteiger partial charge in [0.25, 0.3) is 0 Å². The first-order valence-corrected chi connectivity index (χ1v) is 7.66. The van der Waals surface area contributed by atoms with Crippen LogP contribution in [0.4, 0.5) is 0 Å². The average molecular weight is 288 g/mol. The lowest BCUT2D eigenvalue weighted by atomic mass is 10.1. The van der Waals surface area contributed by atoms with Crippen LogP contribution in [0.15, 0.2) is 12.7 Å². The molecule has 3 atom stereocenters. The first-order valence-electron chi connectivity index (χ1n) is 7.66. The SMILES string of the molecule is C=CC(O)C#CC#CC[C@H]1O[C@H]1CCCCCCCC=O. The molecule has 3 nitrogen and oxygen atoms in total. The molecule has 1 N–H and O–H groups in total. The predicted molar refractivity (Wildman–Crippen MR) is 83.4 cm³/mol. The van der Waals surface area contributed by atoms with Crippen LogP contribution in [0.1, 0.15) is 51.4 Å². The van der Waals surface area contributed by atoms with Crippen molar-refractivity contribution in [1.29, 1.82) is 0 Å². The van der Waals surface area contributed by atoms with E-state index in [2.05, 4.69) is 30.3 Å². The fourth-order valence-corrected chi connectivity index (χ4v) is 2.08. The summed E-state index contributed by atoms with van der Waals surface area (Å²) in [6.07, 6.45) is 10.4. The lowest BCUT2D eigenvalue weighted by Gasteiger charge is -1.98. The minimum atomic E-state index is -0.796. The van der Waals surface area contributed by atoms with Gasteiger partial charge in [0, 0.05) is 12.8 Å². The highest BCUT2D eigenvalue weighted by Gasteiger charge is 2.36. The first kappa shape index (κ1) is 17.5. The van der Waals surface area contributed by atoms with Crippen LogP contribution in [0, 0.1) is 23.7 Å². The second-order valence-corrected chi connectivity index (χ2v) is 5.18. The van der Waals surface area contributed by atoms with Gasteiger partial charge >= 0.3 is 0 Å². The van der Waals surface area contributed by atoms with Crippen LogP contribution >= 0.6 is 0 Å². The van der Waals surface area contributed by atoms with Gasteiger partial charge in [0.1, 0.15) is 12.4 Å². The molecule has 3 heteroatoms. The van der Waals surface area contributed by atoms with E-state index in [4.69, 9.17) is 9.84 Å². The maximum Gasteiger partial charge on any atom is 0.134 e. The fraction of sp³-hybridized carbons (Fsp3) is 0.611. The topological polar surface area (TPSA) is 49.8 Å². The monoisotopic (exact) mass is 288 g/mol. The lowest BCUT2D eigenvalue weighted by molar-refractivity contribution is -0.107. The molecular weight excluding hydrogens is 264 g/mol. The Labute approximate surface area is 127 Å². The Morgan fingerprint density at radius 1 is 1.14 bits per heavy atom. The van der Waals surface area contributed by atoms with Crippen molar-refractivity contribution in [3.63, 3.8) is 0 Å². The first-order chi connectivity index (χ1) is 10.3. The second-order valence-electron chi connectivity index (χ2n) is 5.18. The van der Waals surface area contributed by atoms with Crippen molar-refractivity contribution in [3.05, 3.63) is 12.7 Å². The zero-order chi connectivity index (χ0) is 15.3. The van der Waals surface area contributed by atoms with E-state index in [0.717, 1.165) is 25.5 Å². The lowest BCUT2D eigenvalue weighted by Crippen LogP contribution is -1.94. The number of hydrogen-bond acceptors (Lipinski definition) is 3. The van der Waals surface area contributed by atoms with E-state index in [9.17, 15) is 4.79 Å². The number of unbranched alkanes of at least 4 members (excludes halogenated alkanes) is 5. The highest BCUT2D eigenvalue weighted by molar-refractivity contribution is 5.48. The van der Waals surface area contributed by atoms with Crippen LogP contribution in [-0.2, 0) is 9.53 Å². The summed E-state index contributed by atoms with van der Waals surface area (Å²) < 4.78 is 5.55. The smallest absolute Gasteiger partial charge is 0.134 e. The molecule has 0 aromatic carbocycles. The van der Waals surface area contributed by atoms with Crippen LogP contribution in [0.3, 0.4) is 0 Å². The van der Waals surface area contributed by atoms with E-state index in [1.807, 2.05) is 0 Å². The van der Waals surface area contributed by atoms with Crippen molar-refractivity contribution in [1.82, 2.24) is 0 Å². The summed E-state index contributed by atoms with van der Waals surface area (Å²) in [6.45, 7) is 3.43. The van der Waals surface area contributed by atoms with E-state index in [1.54, 1.807) is 0 Å². The van der Waals surface area contributed by atoms with Gasteiger partial charge in [-0.25, -0.2) is 0 Å². The number of rotatable bonds is 10. The van der Waals surface area contributed by atoms with Crippen molar-refractivity contribution in [2.45, 2.75) is 69.7 Å².